The van der Waals surface area contributed by atoms with Gasteiger partial charge in [0.15, 0.2) is 0 Å². The fourth-order valence-electron chi connectivity index (χ4n) is 1.28. The molecule has 1 heterocycles. The molecule has 0 saturated carbocycles. The van der Waals surface area contributed by atoms with Gasteiger partial charge in [-0.15, -0.1) is 0 Å². The third kappa shape index (κ3) is 1.81. The maximum atomic E-state index is 13.2. The summed E-state index contributed by atoms with van der Waals surface area (Å²) in [7, 11) is 0. The maximum absolute atomic E-state index is 13.2. The highest BCUT2D eigenvalue weighted by molar-refractivity contribution is 9.10. The lowest BCUT2D eigenvalue weighted by atomic mass is 10.2. The summed E-state index contributed by atoms with van der Waals surface area (Å²) in [6.45, 7) is 0. The summed E-state index contributed by atoms with van der Waals surface area (Å²) in [5, 5.41) is 10.8. The first-order valence-electron chi connectivity index (χ1n) is 4.21. The second kappa shape index (κ2) is 4.01. The average molecular weight is 286 g/mol. The van der Waals surface area contributed by atoms with Gasteiger partial charge in [0, 0.05) is 12.4 Å². The van der Waals surface area contributed by atoms with Gasteiger partial charge in [0.1, 0.15) is 11.5 Å². The van der Waals surface area contributed by atoms with E-state index in [4.69, 9.17) is 0 Å². The summed E-state index contributed by atoms with van der Waals surface area (Å²) in [6.07, 6.45) is 4.44. The molecule has 1 aromatic heterocycles. The van der Waals surface area contributed by atoms with E-state index in [9.17, 15) is 14.5 Å². The summed E-state index contributed by atoms with van der Waals surface area (Å²) < 4.78 is 14.8. The van der Waals surface area contributed by atoms with Crippen molar-refractivity contribution in [3.63, 3.8) is 0 Å². The first-order valence-corrected chi connectivity index (χ1v) is 5.00. The number of rotatable bonds is 2. The number of imidazole rings is 1. The molecule has 2 rings (SSSR count). The van der Waals surface area contributed by atoms with Crippen molar-refractivity contribution >= 4 is 21.6 Å². The van der Waals surface area contributed by atoms with Gasteiger partial charge in [-0.3, -0.25) is 10.1 Å². The van der Waals surface area contributed by atoms with E-state index in [0.29, 0.717) is 0 Å². The largest absolute Gasteiger partial charge is 0.300 e. The average Bonchev–Trinajstić information content (AvgIpc) is 2.74. The Morgan fingerprint density at radius 2 is 2.25 bits per heavy atom. The molecule has 0 radical (unpaired) electrons. The Hall–Kier alpha value is -1.76. The Morgan fingerprint density at radius 3 is 2.81 bits per heavy atom. The van der Waals surface area contributed by atoms with E-state index in [1.165, 1.54) is 23.2 Å². The van der Waals surface area contributed by atoms with Crippen LogP contribution in [0.2, 0.25) is 0 Å². The fourth-order valence-corrected chi connectivity index (χ4v) is 1.61. The molecule has 5 nitrogen and oxygen atoms in total. The molecule has 0 saturated heterocycles. The zero-order valence-electron chi connectivity index (χ0n) is 7.80. The predicted octanol–water partition coefficient (Wildman–Crippen LogP) is 2.68. The second-order valence-corrected chi connectivity index (χ2v) is 3.84. The minimum absolute atomic E-state index is 0.168. The minimum Gasteiger partial charge on any atom is -0.300 e. The maximum Gasteiger partial charge on any atom is 0.296 e. The fraction of sp³-hybridized carbons (Fsp3) is 0. The van der Waals surface area contributed by atoms with Gasteiger partial charge in [-0.25, -0.2) is 9.37 Å². The lowest BCUT2D eigenvalue weighted by Crippen LogP contribution is -1.99. The number of nitrogens with zero attached hydrogens (tertiary/aromatic N) is 3. The molecule has 0 aliphatic rings. The number of halogens is 2. The summed E-state index contributed by atoms with van der Waals surface area (Å²) in [4.78, 5) is 13.9. The van der Waals surface area contributed by atoms with E-state index >= 15 is 0 Å². The quantitative estimate of drug-likeness (QED) is 0.630. The van der Waals surface area contributed by atoms with E-state index in [0.717, 1.165) is 6.07 Å². The Morgan fingerprint density at radius 1 is 1.50 bits per heavy atom. The molecule has 0 amide bonds. The highest BCUT2D eigenvalue weighted by atomic mass is 79.9. The summed E-state index contributed by atoms with van der Waals surface area (Å²) in [5.41, 5.74) is -0.0468. The number of aromatic nitrogens is 2. The van der Waals surface area contributed by atoms with Gasteiger partial charge in [0.25, 0.3) is 5.69 Å². The zero-order valence-corrected chi connectivity index (χ0v) is 9.39. The molecule has 0 N–H and O–H groups in total. The van der Waals surface area contributed by atoms with E-state index in [-0.39, 0.29) is 15.8 Å². The number of nitro groups is 1. The first kappa shape index (κ1) is 10.7. The smallest absolute Gasteiger partial charge is 0.296 e. The molecule has 1 aromatic carbocycles. The third-order valence-electron chi connectivity index (χ3n) is 2.00. The number of hydrogen-bond acceptors (Lipinski definition) is 3. The van der Waals surface area contributed by atoms with E-state index in [2.05, 4.69) is 20.9 Å². The van der Waals surface area contributed by atoms with Crippen molar-refractivity contribution in [1.82, 2.24) is 9.55 Å². The summed E-state index contributed by atoms with van der Waals surface area (Å²) in [5.74, 6) is -0.671. The zero-order chi connectivity index (χ0) is 11.7. The van der Waals surface area contributed by atoms with Crippen LogP contribution in [0.4, 0.5) is 10.1 Å². The molecule has 82 valence electrons. The van der Waals surface area contributed by atoms with Crippen molar-refractivity contribution in [1.29, 1.82) is 0 Å². The Labute approximate surface area is 97.8 Å². The normalized spacial score (nSPS) is 10.4. The lowest BCUT2D eigenvalue weighted by Gasteiger charge is -2.04. The van der Waals surface area contributed by atoms with Crippen LogP contribution < -0.4 is 0 Å². The highest BCUT2D eigenvalue weighted by Crippen LogP contribution is 2.28. The van der Waals surface area contributed by atoms with Crippen molar-refractivity contribution in [2.75, 3.05) is 0 Å². The molecule has 0 unspecified atom stereocenters. The monoisotopic (exact) mass is 285 g/mol. The van der Waals surface area contributed by atoms with Crippen LogP contribution in [0, 0.1) is 15.9 Å². The van der Waals surface area contributed by atoms with Crippen LogP contribution in [0.25, 0.3) is 5.69 Å². The van der Waals surface area contributed by atoms with Crippen molar-refractivity contribution in [3.8, 4) is 5.69 Å². The Balaban J connectivity index is 2.68. The van der Waals surface area contributed by atoms with Gasteiger partial charge in [-0.05, 0) is 22.0 Å². The number of benzene rings is 1. The van der Waals surface area contributed by atoms with Crippen LogP contribution in [0.5, 0.6) is 0 Å². The van der Waals surface area contributed by atoms with E-state index < -0.39 is 10.7 Å². The molecule has 0 fully saturated rings. The molecule has 0 spiro atoms. The highest BCUT2D eigenvalue weighted by Gasteiger charge is 2.18. The molecular formula is C9H5BrFN3O2. The molecular weight excluding hydrogens is 281 g/mol. The van der Waals surface area contributed by atoms with Crippen molar-refractivity contribution in [2.45, 2.75) is 0 Å². The van der Waals surface area contributed by atoms with Crippen LogP contribution in [0.15, 0.2) is 35.3 Å². The topological polar surface area (TPSA) is 61.0 Å². The Kier molecular flexibility index (Phi) is 2.69. The van der Waals surface area contributed by atoms with Crippen molar-refractivity contribution in [2.24, 2.45) is 0 Å². The molecule has 0 aliphatic heterocycles. The number of hydrogen-bond donors (Lipinski definition) is 0. The van der Waals surface area contributed by atoms with Crippen LogP contribution in [0.1, 0.15) is 0 Å². The molecule has 0 atom stereocenters. The van der Waals surface area contributed by atoms with Crippen LogP contribution in [0.3, 0.4) is 0 Å². The lowest BCUT2D eigenvalue weighted by molar-refractivity contribution is -0.384. The van der Waals surface area contributed by atoms with Crippen LogP contribution in [-0.2, 0) is 0 Å². The molecule has 7 heteroatoms. The van der Waals surface area contributed by atoms with Crippen molar-refractivity contribution < 1.29 is 9.31 Å². The van der Waals surface area contributed by atoms with E-state index in [1.54, 1.807) is 6.20 Å². The SMILES string of the molecule is O=[N+]([O-])c1cc(F)c(Br)cc1-n1ccnc1. The predicted molar refractivity (Wildman–Crippen MR) is 57.9 cm³/mol. The van der Waals surface area contributed by atoms with Gasteiger partial charge < -0.3 is 4.57 Å². The Bertz CT molecular complexity index is 542. The van der Waals surface area contributed by atoms with Gasteiger partial charge >= 0.3 is 0 Å². The molecule has 2 aromatic rings. The first-order chi connectivity index (χ1) is 7.59. The van der Waals surface area contributed by atoms with Gasteiger partial charge in [-0.1, -0.05) is 0 Å². The summed E-state index contributed by atoms with van der Waals surface area (Å²) in [6, 6.07) is 2.22. The molecule has 0 aliphatic carbocycles. The van der Waals surface area contributed by atoms with Gasteiger partial charge in [0.05, 0.1) is 21.8 Å². The number of nitro benzene ring substituents is 1. The van der Waals surface area contributed by atoms with Gasteiger partial charge in [-0.2, -0.15) is 0 Å². The third-order valence-corrected chi connectivity index (χ3v) is 2.60. The summed E-state index contributed by atoms with van der Waals surface area (Å²) >= 11 is 2.98. The van der Waals surface area contributed by atoms with Crippen molar-refractivity contribution in [3.05, 3.63) is 51.3 Å². The molecule has 16 heavy (non-hydrogen) atoms. The second-order valence-electron chi connectivity index (χ2n) is 2.98. The van der Waals surface area contributed by atoms with Gasteiger partial charge in [0.2, 0.25) is 0 Å². The van der Waals surface area contributed by atoms with Crippen LogP contribution in [-0.4, -0.2) is 14.5 Å². The molecule has 0 bridgehead atoms. The van der Waals surface area contributed by atoms with Crippen LogP contribution >= 0.6 is 15.9 Å². The minimum atomic E-state index is -0.671. The standard InChI is InChI=1S/C9H5BrFN3O2/c10-6-3-8(13-2-1-12-5-13)9(14(15)16)4-7(6)11/h1-5H. The van der Waals surface area contributed by atoms with E-state index in [1.807, 2.05) is 0 Å².